The van der Waals surface area contributed by atoms with Crippen LogP contribution in [0.1, 0.15) is 43.0 Å². The minimum absolute atomic E-state index is 0.0521. The molecule has 0 heterocycles. The Morgan fingerprint density at radius 3 is 2.92 bits per heavy atom. The quantitative estimate of drug-likeness (QED) is 0.308. The molecule has 0 aromatic heterocycles. The summed E-state index contributed by atoms with van der Waals surface area (Å²) >= 11 is 0. The Bertz CT molecular complexity index is 611. The molecule has 0 aliphatic heterocycles. The number of Topliss-reactive ketones (excluding diaryl/α,β-unsaturated/α-hetero) is 1. The minimum Gasteiger partial charge on any atom is -0.353 e. The number of carbonyl (C=O) groups is 1. The van der Waals surface area contributed by atoms with E-state index in [2.05, 4.69) is 17.2 Å². The highest BCUT2D eigenvalue weighted by molar-refractivity contribution is 5.98. The first-order valence-corrected chi connectivity index (χ1v) is 9.09. The molecule has 5 nitrogen and oxygen atoms in total. The molecule has 0 amide bonds. The van der Waals surface area contributed by atoms with E-state index in [-0.39, 0.29) is 5.78 Å². The van der Waals surface area contributed by atoms with Crippen molar-refractivity contribution in [3.05, 3.63) is 42.5 Å². The number of anilines is 1. The Morgan fingerprint density at radius 1 is 1.40 bits per heavy atom. The molecule has 1 aromatic rings. The van der Waals surface area contributed by atoms with Gasteiger partial charge in [0.2, 0.25) is 0 Å². The Kier molecular flexibility index (Phi) is 7.67. The average molecular weight is 342 g/mol. The molecule has 0 saturated heterocycles. The summed E-state index contributed by atoms with van der Waals surface area (Å²) in [5, 5.41) is 6.53. The first-order valence-electron chi connectivity index (χ1n) is 9.09. The number of guanidine groups is 1. The fourth-order valence-electron chi connectivity index (χ4n) is 3.26. The van der Waals surface area contributed by atoms with Crippen LogP contribution in [0.3, 0.4) is 0 Å². The molecular weight excluding hydrogens is 312 g/mol. The smallest absolute Gasteiger partial charge is 0.196 e. The Balaban J connectivity index is 2.03. The van der Waals surface area contributed by atoms with E-state index in [0.29, 0.717) is 23.9 Å². The SMILES string of the molecule is C=CCNC(=NCC1CCCC(CN)C1)Nc1cccc(C(C)=O)c1. The Morgan fingerprint density at radius 2 is 2.20 bits per heavy atom. The van der Waals surface area contributed by atoms with E-state index in [1.54, 1.807) is 13.0 Å². The van der Waals surface area contributed by atoms with Crippen LogP contribution in [0, 0.1) is 11.8 Å². The molecule has 5 heteroatoms. The predicted octanol–water partition coefficient (Wildman–Crippen LogP) is 3.20. The molecule has 0 bridgehead atoms. The highest BCUT2D eigenvalue weighted by atomic mass is 16.1. The van der Waals surface area contributed by atoms with E-state index in [1.807, 2.05) is 24.3 Å². The zero-order valence-corrected chi connectivity index (χ0v) is 15.1. The van der Waals surface area contributed by atoms with E-state index in [9.17, 15) is 4.79 Å². The minimum atomic E-state index is 0.0521. The number of hydrogen-bond donors (Lipinski definition) is 3. The van der Waals surface area contributed by atoms with Crippen molar-refractivity contribution in [1.29, 1.82) is 0 Å². The summed E-state index contributed by atoms with van der Waals surface area (Å²) in [6.07, 6.45) is 6.66. The van der Waals surface area contributed by atoms with Crippen LogP contribution >= 0.6 is 0 Å². The van der Waals surface area contributed by atoms with Crippen molar-refractivity contribution in [2.45, 2.75) is 32.6 Å². The number of carbonyl (C=O) groups excluding carboxylic acids is 1. The van der Waals surface area contributed by atoms with Crippen LogP contribution in [0.5, 0.6) is 0 Å². The van der Waals surface area contributed by atoms with Gasteiger partial charge in [0.25, 0.3) is 0 Å². The summed E-state index contributed by atoms with van der Waals surface area (Å²) in [6, 6.07) is 7.47. The second-order valence-electron chi connectivity index (χ2n) is 6.76. The van der Waals surface area contributed by atoms with Gasteiger partial charge in [0.05, 0.1) is 0 Å². The van der Waals surface area contributed by atoms with Crippen LogP contribution in [0.4, 0.5) is 5.69 Å². The van der Waals surface area contributed by atoms with E-state index < -0.39 is 0 Å². The van der Waals surface area contributed by atoms with Crippen molar-refractivity contribution >= 4 is 17.4 Å². The fourth-order valence-corrected chi connectivity index (χ4v) is 3.26. The molecule has 1 aromatic carbocycles. The topological polar surface area (TPSA) is 79.5 Å². The summed E-state index contributed by atoms with van der Waals surface area (Å²) in [5.74, 6) is 2.00. The van der Waals surface area contributed by atoms with Crippen LogP contribution in [0.25, 0.3) is 0 Å². The first-order chi connectivity index (χ1) is 12.1. The third kappa shape index (κ3) is 6.35. The van der Waals surface area contributed by atoms with Gasteiger partial charge < -0.3 is 16.4 Å². The molecule has 4 N–H and O–H groups in total. The molecule has 0 radical (unpaired) electrons. The number of nitrogens with one attached hydrogen (secondary N) is 2. The summed E-state index contributed by atoms with van der Waals surface area (Å²) < 4.78 is 0. The van der Waals surface area contributed by atoms with Crippen LogP contribution in [0.2, 0.25) is 0 Å². The van der Waals surface area contributed by atoms with Crippen LogP contribution in [-0.4, -0.2) is 31.4 Å². The second kappa shape index (κ2) is 9.99. The van der Waals surface area contributed by atoms with Gasteiger partial charge in [-0.3, -0.25) is 9.79 Å². The number of nitrogens with two attached hydrogens (primary N) is 1. The number of rotatable bonds is 7. The third-order valence-electron chi connectivity index (χ3n) is 4.68. The van der Waals surface area contributed by atoms with Gasteiger partial charge in [0.15, 0.2) is 11.7 Å². The fraction of sp³-hybridized carbons (Fsp3) is 0.500. The highest BCUT2D eigenvalue weighted by Gasteiger charge is 2.20. The molecule has 0 spiro atoms. The largest absolute Gasteiger partial charge is 0.353 e. The molecule has 2 rings (SSSR count). The van der Waals surface area contributed by atoms with Gasteiger partial charge in [-0.1, -0.05) is 24.6 Å². The summed E-state index contributed by atoms with van der Waals surface area (Å²) in [5.41, 5.74) is 7.37. The van der Waals surface area contributed by atoms with Crippen LogP contribution in [-0.2, 0) is 0 Å². The predicted molar refractivity (Wildman–Crippen MR) is 105 cm³/mol. The van der Waals surface area contributed by atoms with Crippen molar-refractivity contribution in [2.24, 2.45) is 22.6 Å². The maximum absolute atomic E-state index is 11.5. The summed E-state index contributed by atoms with van der Waals surface area (Å²) in [4.78, 5) is 16.3. The second-order valence-corrected chi connectivity index (χ2v) is 6.76. The third-order valence-corrected chi connectivity index (χ3v) is 4.68. The van der Waals surface area contributed by atoms with Crippen molar-refractivity contribution in [2.75, 3.05) is 25.0 Å². The lowest BCUT2D eigenvalue weighted by atomic mass is 9.81. The molecular formula is C20H30N4O. The lowest BCUT2D eigenvalue weighted by Crippen LogP contribution is -2.32. The molecule has 1 aliphatic rings. The summed E-state index contributed by atoms with van der Waals surface area (Å²) in [6.45, 7) is 7.51. The van der Waals surface area contributed by atoms with Gasteiger partial charge in [0.1, 0.15) is 0 Å². The number of benzene rings is 1. The number of aliphatic imine (C=N–C) groups is 1. The molecule has 136 valence electrons. The van der Waals surface area contributed by atoms with Gasteiger partial charge in [-0.05, 0) is 56.7 Å². The van der Waals surface area contributed by atoms with E-state index in [1.165, 1.54) is 19.3 Å². The van der Waals surface area contributed by atoms with Gasteiger partial charge in [0, 0.05) is 24.3 Å². The average Bonchev–Trinajstić information content (AvgIpc) is 2.64. The zero-order chi connectivity index (χ0) is 18.1. The molecule has 1 saturated carbocycles. The Labute approximate surface area is 150 Å². The van der Waals surface area contributed by atoms with E-state index in [0.717, 1.165) is 31.2 Å². The standard InChI is InChI=1S/C20H30N4O/c1-3-10-22-20(23-14-17-7-4-6-16(11-17)13-21)24-19-9-5-8-18(12-19)15(2)25/h3,5,8-9,12,16-17H,1,4,6-7,10-11,13-14,21H2,2H3,(H2,22,23,24). The van der Waals surface area contributed by atoms with Crippen LogP contribution < -0.4 is 16.4 Å². The molecule has 2 unspecified atom stereocenters. The van der Waals surface area contributed by atoms with Gasteiger partial charge in [-0.25, -0.2) is 0 Å². The maximum Gasteiger partial charge on any atom is 0.196 e. The van der Waals surface area contributed by atoms with E-state index in [4.69, 9.17) is 10.7 Å². The number of hydrogen-bond acceptors (Lipinski definition) is 3. The number of nitrogens with zero attached hydrogens (tertiary/aromatic N) is 1. The van der Waals surface area contributed by atoms with Crippen molar-refractivity contribution in [3.63, 3.8) is 0 Å². The summed E-state index contributed by atoms with van der Waals surface area (Å²) in [7, 11) is 0. The lowest BCUT2D eigenvalue weighted by Gasteiger charge is -2.27. The monoisotopic (exact) mass is 342 g/mol. The van der Waals surface area contributed by atoms with Gasteiger partial charge >= 0.3 is 0 Å². The molecule has 1 aliphatic carbocycles. The normalized spacial score (nSPS) is 20.8. The van der Waals surface area contributed by atoms with Crippen molar-refractivity contribution in [1.82, 2.24) is 5.32 Å². The number of ketones is 1. The highest BCUT2D eigenvalue weighted by Crippen LogP contribution is 2.28. The van der Waals surface area contributed by atoms with Gasteiger partial charge in [-0.2, -0.15) is 0 Å². The first kappa shape index (κ1) is 19.2. The van der Waals surface area contributed by atoms with Gasteiger partial charge in [-0.15, -0.1) is 6.58 Å². The Hall–Kier alpha value is -2.14. The van der Waals surface area contributed by atoms with Crippen molar-refractivity contribution in [3.8, 4) is 0 Å². The molecule has 1 fully saturated rings. The maximum atomic E-state index is 11.5. The lowest BCUT2D eigenvalue weighted by molar-refractivity contribution is 0.101. The molecule has 25 heavy (non-hydrogen) atoms. The van der Waals surface area contributed by atoms with E-state index >= 15 is 0 Å². The molecule has 2 atom stereocenters. The van der Waals surface area contributed by atoms with Crippen LogP contribution in [0.15, 0.2) is 41.9 Å². The van der Waals surface area contributed by atoms with Crippen molar-refractivity contribution < 1.29 is 4.79 Å². The zero-order valence-electron chi connectivity index (χ0n) is 15.1.